The van der Waals surface area contributed by atoms with Gasteiger partial charge in [0, 0.05) is 18.2 Å². The number of halogens is 2. The van der Waals surface area contributed by atoms with E-state index in [-0.39, 0.29) is 19.0 Å². The molecule has 0 aliphatic carbocycles. The first-order valence-corrected chi connectivity index (χ1v) is 7.93. The monoisotopic (exact) mass is 354 g/mol. The summed E-state index contributed by atoms with van der Waals surface area (Å²) in [5.41, 5.74) is 2.32. The molecule has 0 aliphatic rings. The maximum atomic E-state index is 8.71. The Morgan fingerprint density at radius 1 is 0.913 bits per heavy atom. The average Bonchev–Trinajstić information content (AvgIpc) is 2.55. The molecule has 2 aromatic rings. The van der Waals surface area contributed by atoms with Gasteiger partial charge in [-0.25, -0.2) is 0 Å². The average molecular weight is 355 g/mol. The normalized spacial score (nSPS) is 10.2. The second-order valence-corrected chi connectivity index (χ2v) is 5.60. The van der Waals surface area contributed by atoms with Crippen LogP contribution in [0.25, 0.3) is 0 Å². The largest absolute Gasteiger partial charge is 1.00 e. The van der Waals surface area contributed by atoms with E-state index in [9.17, 15) is 0 Å². The van der Waals surface area contributed by atoms with Gasteiger partial charge in [0.05, 0.1) is 0 Å². The molecule has 3 nitrogen and oxygen atoms in total. The lowest BCUT2D eigenvalue weighted by Crippen LogP contribution is -3.00. The summed E-state index contributed by atoms with van der Waals surface area (Å²) in [6.07, 6.45) is 1.85. The van der Waals surface area contributed by atoms with Crippen LogP contribution in [0.2, 0.25) is 5.02 Å². The van der Waals surface area contributed by atoms with Gasteiger partial charge in [0.15, 0.2) is 0 Å². The van der Waals surface area contributed by atoms with Crippen LogP contribution >= 0.6 is 11.6 Å². The van der Waals surface area contributed by atoms with Crippen molar-refractivity contribution < 1.29 is 22.3 Å². The standard InChI is InChI=1S/C18H22ClNO2.ClH/c19-17-7-3-16(4-8-17)14-22-18-9-5-15(6-10-18)13-20-11-1-2-12-21;/h3-10,20-21H,1-2,11-14H2;1H/p-1. The third-order valence-corrected chi connectivity index (χ3v) is 3.58. The van der Waals surface area contributed by atoms with E-state index >= 15 is 0 Å². The van der Waals surface area contributed by atoms with Gasteiger partial charge in [0.25, 0.3) is 0 Å². The molecule has 0 heterocycles. The highest BCUT2D eigenvalue weighted by Gasteiger charge is 1.98. The zero-order valence-electron chi connectivity index (χ0n) is 13.0. The molecule has 2 rings (SSSR count). The van der Waals surface area contributed by atoms with Crippen molar-refractivity contribution in [3.63, 3.8) is 0 Å². The van der Waals surface area contributed by atoms with Crippen LogP contribution in [0.5, 0.6) is 5.75 Å². The van der Waals surface area contributed by atoms with Gasteiger partial charge in [-0.3, -0.25) is 0 Å². The number of aliphatic hydroxyl groups excluding tert-OH is 1. The first kappa shape index (κ1) is 19.8. The molecule has 0 radical (unpaired) electrons. The third kappa shape index (κ3) is 7.71. The molecule has 2 aromatic carbocycles. The van der Waals surface area contributed by atoms with Crippen molar-refractivity contribution >= 4 is 11.6 Å². The molecule has 0 bridgehead atoms. The number of hydrogen-bond acceptors (Lipinski definition) is 3. The van der Waals surface area contributed by atoms with Crippen molar-refractivity contribution in [1.29, 1.82) is 0 Å². The Morgan fingerprint density at radius 2 is 1.57 bits per heavy atom. The SMILES string of the molecule is OCCCCNCc1ccc(OCc2ccc(Cl)cc2)cc1.[Cl-]. The molecule has 5 heteroatoms. The van der Waals surface area contributed by atoms with E-state index in [1.54, 1.807) is 0 Å². The maximum absolute atomic E-state index is 8.71. The molecule has 2 N–H and O–H groups in total. The Kier molecular flexibility index (Phi) is 9.72. The first-order valence-electron chi connectivity index (χ1n) is 7.55. The van der Waals surface area contributed by atoms with Gasteiger partial charge in [0.1, 0.15) is 12.4 Å². The van der Waals surface area contributed by atoms with E-state index in [0.717, 1.165) is 42.3 Å². The second kappa shape index (κ2) is 11.3. The molecule has 126 valence electrons. The van der Waals surface area contributed by atoms with E-state index in [0.29, 0.717) is 6.61 Å². The summed E-state index contributed by atoms with van der Waals surface area (Å²) < 4.78 is 5.75. The molecule has 23 heavy (non-hydrogen) atoms. The number of nitrogens with one attached hydrogen (secondary N) is 1. The highest BCUT2D eigenvalue weighted by atomic mass is 35.5. The van der Waals surface area contributed by atoms with E-state index in [1.807, 2.05) is 36.4 Å². The highest BCUT2D eigenvalue weighted by Crippen LogP contribution is 2.15. The third-order valence-electron chi connectivity index (χ3n) is 3.33. The number of unbranched alkanes of at least 4 members (excludes halogenated alkanes) is 1. The Labute approximate surface area is 149 Å². The van der Waals surface area contributed by atoms with Gasteiger partial charge >= 0.3 is 0 Å². The van der Waals surface area contributed by atoms with Crippen molar-refractivity contribution in [2.75, 3.05) is 13.2 Å². The van der Waals surface area contributed by atoms with Gasteiger partial charge in [-0.1, -0.05) is 35.9 Å². The van der Waals surface area contributed by atoms with Gasteiger partial charge in [-0.05, 0) is 54.8 Å². The predicted molar refractivity (Wildman–Crippen MR) is 90.3 cm³/mol. The summed E-state index contributed by atoms with van der Waals surface area (Å²) in [5, 5.41) is 12.8. The minimum absolute atomic E-state index is 0. The molecule has 0 amide bonds. The summed E-state index contributed by atoms with van der Waals surface area (Å²) in [4.78, 5) is 0. The van der Waals surface area contributed by atoms with Crippen LogP contribution in [-0.4, -0.2) is 18.3 Å². The van der Waals surface area contributed by atoms with E-state index in [2.05, 4.69) is 17.4 Å². The van der Waals surface area contributed by atoms with Crippen molar-refractivity contribution in [3.8, 4) is 5.75 Å². The van der Waals surface area contributed by atoms with Crippen LogP contribution in [-0.2, 0) is 13.2 Å². The zero-order valence-corrected chi connectivity index (χ0v) is 14.5. The van der Waals surface area contributed by atoms with Gasteiger partial charge < -0.3 is 27.6 Å². The van der Waals surface area contributed by atoms with Crippen molar-refractivity contribution in [2.24, 2.45) is 0 Å². The Bertz CT molecular complexity index is 544. The number of hydrogen-bond donors (Lipinski definition) is 2. The Balaban J connectivity index is 0.00000264. The molecular formula is C18H22Cl2NO2-. The summed E-state index contributed by atoms with van der Waals surface area (Å²) in [6.45, 7) is 2.57. The molecule has 0 saturated heterocycles. The minimum atomic E-state index is 0. The predicted octanol–water partition coefficient (Wildman–Crippen LogP) is 0.785. The van der Waals surface area contributed by atoms with Crippen LogP contribution < -0.4 is 22.5 Å². The van der Waals surface area contributed by atoms with Crippen LogP contribution in [0.15, 0.2) is 48.5 Å². The van der Waals surface area contributed by atoms with Crippen LogP contribution in [0, 0.1) is 0 Å². The topological polar surface area (TPSA) is 41.5 Å². The molecule has 0 fully saturated rings. The zero-order chi connectivity index (χ0) is 15.6. The molecule has 0 atom stereocenters. The summed E-state index contributed by atoms with van der Waals surface area (Å²) in [5.74, 6) is 0.860. The van der Waals surface area contributed by atoms with Crippen molar-refractivity contribution in [1.82, 2.24) is 5.32 Å². The lowest BCUT2D eigenvalue weighted by atomic mass is 10.2. The molecule has 0 aliphatic heterocycles. The smallest absolute Gasteiger partial charge is 0.119 e. The fourth-order valence-electron chi connectivity index (χ4n) is 2.05. The number of aliphatic hydroxyl groups is 1. The summed E-state index contributed by atoms with van der Waals surface area (Å²) >= 11 is 5.86. The molecule has 0 spiro atoms. The second-order valence-electron chi connectivity index (χ2n) is 5.17. The van der Waals surface area contributed by atoms with Gasteiger partial charge in [-0.15, -0.1) is 0 Å². The molecular weight excluding hydrogens is 333 g/mol. The Hall–Kier alpha value is -1.26. The minimum Gasteiger partial charge on any atom is -1.00 e. The first-order chi connectivity index (χ1) is 10.8. The number of benzene rings is 2. The quantitative estimate of drug-likeness (QED) is 0.654. The highest BCUT2D eigenvalue weighted by molar-refractivity contribution is 6.30. The molecule has 0 saturated carbocycles. The number of ether oxygens (including phenoxy) is 1. The number of rotatable bonds is 9. The van der Waals surface area contributed by atoms with Crippen LogP contribution in [0.4, 0.5) is 0 Å². The summed E-state index contributed by atoms with van der Waals surface area (Å²) in [7, 11) is 0. The van der Waals surface area contributed by atoms with Crippen LogP contribution in [0.1, 0.15) is 24.0 Å². The van der Waals surface area contributed by atoms with Gasteiger partial charge in [0.2, 0.25) is 0 Å². The van der Waals surface area contributed by atoms with Crippen molar-refractivity contribution in [2.45, 2.75) is 26.0 Å². The van der Waals surface area contributed by atoms with Crippen LogP contribution in [0.3, 0.4) is 0 Å². The van der Waals surface area contributed by atoms with E-state index in [4.69, 9.17) is 21.4 Å². The van der Waals surface area contributed by atoms with E-state index in [1.165, 1.54) is 5.56 Å². The molecule has 0 unspecified atom stereocenters. The van der Waals surface area contributed by atoms with E-state index < -0.39 is 0 Å². The van der Waals surface area contributed by atoms with Gasteiger partial charge in [-0.2, -0.15) is 0 Å². The van der Waals surface area contributed by atoms with Crippen molar-refractivity contribution in [3.05, 3.63) is 64.7 Å². The lowest BCUT2D eigenvalue weighted by Gasteiger charge is -2.08. The lowest BCUT2D eigenvalue weighted by molar-refractivity contribution is -0.00000590. The Morgan fingerprint density at radius 3 is 2.22 bits per heavy atom. The molecule has 0 aromatic heterocycles. The maximum Gasteiger partial charge on any atom is 0.119 e. The fraction of sp³-hybridized carbons (Fsp3) is 0.333. The summed E-state index contributed by atoms with van der Waals surface area (Å²) in [6, 6.07) is 15.8. The fourth-order valence-corrected chi connectivity index (χ4v) is 2.17.